The minimum absolute atomic E-state index is 0.0838. The SMILES string of the molecule is CCCC/C=C\C/C=C\CCCCCCCC(=O)OCC(COC(=O)CCCCCCCCCCCCCCCCCCCCC/C=C\C/C=C\CCCCCCC)OC(=O)CCCCCCCC/C=C\C/C=C\C/C=C\CCCCC. The van der Waals surface area contributed by atoms with Gasteiger partial charge in [0.25, 0.3) is 0 Å². The van der Waals surface area contributed by atoms with Crippen molar-refractivity contribution >= 4 is 17.9 Å². The summed E-state index contributed by atoms with van der Waals surface area (Å²) in [6, 6.07) is 0. The van der Waals surface area contributed by atoms with Crippen LogP contribution in [0.4, 0.5) is 0 Å². The lowest BCUT2D eigenvalue weighted by atomic mass is 10.0. The molecule has 6 nitrogen and oxygen atoms in total. The molecule has 0 aromatic carbocycles. The van der Waals surface area contributed by atoms with Crippen LogP contribution in [0.25, 0.3) is 0 Å². The summed E-state index contributed by atoms with van der Waals surface area (Å²) in [6.07, 6.45) is 93.3. The molecule has 0 aromatic heterocycles. The first-order chi connectivity index (χ1) is 40.5. The largest absolute Gasteiger partial charge is 0.462 e. The van der Waals surface area contributed by atoms with Crippen molar-refractivity contribution in [2.75, 3.05) is 13.2 Å². The van der Waals surface area contributed by atoms with Gasteiger partial charge in [0.1, 0.15) is 13.2 Å². The van der Waals surface area contributed by atoms with Crippen molar-refractivity contribution in [3.8, 4) is 0 Å². The van der Waals surface area contributed by atoms with Crippen molar-refractivity contribution in [1.29, 1.82) is 0 Å². The number of esters is 3. The summed E-state index contributed by atoms with van der Waals surface area (Å²) in [5.74, 6) is -0.894. The van der Waals surface area contributed by atoms with E-state index in [1.807, 2.05) is 0 Å². The van der Waals surface area contributed by atoms with Crippen molar-refractivity contribution in [1.82, 2.24) is 0 Å². The molecule has 0 N–H and O–H groups in total. The van der Waals surface area contributed by atoms with E-state index in [4.69, 9.17) is 14.2 Å². The first-order valence-electron chi connectivity index (χ1n) is 35.6. The minimum Gasteiger partial charge on any atom is -0.462 e. The normalized spacial score (nSPS) is 12.6. The molecule has 0 aromatic rings. The van der Waals surface area contributed by atoms with E-state index in [0.29, 0.717) is 19.3 Å². The lowest BCUT2D eigenvalue weighted by Gasteiger charge is -2.18. The van der Waals surface area contributed by atoms with Crippen molar-refractivity contribution in [3.63, 3.8) is 0 Å². The Balaban J connectivity index is 4.23. The standard InChI is InChI=1S/C76H134O6/c1-4-7-10-13-16-19-22-25-28-30-32-33-34-35-36-37-38-39-40-41-42-43-45-46-48-51-54-57-60-63-66-69-75(78)81-72-73(71-80-74(77)68-65-62-59-56-53-50-27-24-21-18-15-12-9-6-3)82-76(79)70-67-64-61-58-55-52-49-47-44-31-29-26-23-20-17-14-11-8-5-2/h15,17-18,20,22,24-27,29-30,32,44,47,73H,4-14,16,19,21,23,28,31,33-43,45-46,48-72H2,1-3H3/b18-15-,20-17-,25-22-,27-24-,29-26-,32-30-,47-44-. The van der Waals surface area contributed by atoms with E-state index in [1.54, 1.807) is 0 Å². The maximum atomic E-state index is 12.9. The first kappa shape index (κ1) is 78.6. The molecule has 1 atom stereocenters. The Morgan fingerprint density at radius 1 is 0.244 bits per heavy atom. The maximum Gasteiger partial charge on any atom is 0.306 e. The van der Waals surface area contributed by atoms with Crippen molar-refractivity contribution < 1.29 is 28.6 Å². The molecular formula is C76H134O6. The van der Waals surface area contributed by atoms with Crippen LogP contribution in [0.15, 0.2) is 85.1 Å². The van der Waals surface area contributed by atoms with E-state index in [9.17, 15) is 14.4 Å². The molecule has 0 spiro atoms. The smallest absolute Gasteiger partial charge is 0.306 e. The average Bonchev–Trinajstić information content (AvgIpc) is 3.47. The molecule has 474 valence electrons. The van der Waals surface area contributed by atoms with Gasteiger partial charge in [0.15, 0.2) is 6.10 Å². The van der Waals surface area contributed by atoms with Crippen LogP contribution in [-0.2, 0) is 28.6 Å². The summed E-state index contributed by atoms with van der Waals surface area (Å²) in [6.45, 7) is 6.58. The quantitative estimate of drug-likeness (QED) is 0.0261. The third-order valence-electron chi connectivity index (χ3n) is 15.6. The highest BCUT2D eigenvalue weighted by molar-refractivity contribution is 5.71. The molecule has 6 heteroatoms. The average molecular weight is 1140 g/mol. The van der Waals surface area contributed by atoms with Crippen LogP contribution >= 0.6 is 0 Å². The van der Waals surface area contributed by atoms with Crippen molar-refractivity contribution in [2.45, 2.75) is 367 Å². The van der Waals surface area contributed by atoms with E-state index in [-0.39, 0.29) is 31.1 Å². The van der Waals surface area contributed by atoms with Gasteiger partial charge in [0.2, 0.25) is 0 Å². The van der Waals surface area contributed by atoms with Crippen molar-refractivity contribution in [2.24, 2.45) is 0 Å². The van der Waals surface area contributed by atoms with Gasteiger partial charge in [-0.05, 0) is 116 Å². The molecule has 0 radical (unpaired) electrons. The van der Waals surface area contributed by atoms with E-state index >= 15 is 0 Å². The van der Waals surface area contributed by atoms with E-state index < -0.39 is 6.10 Å². The molecule has 0 heterocycles. The predicted octanol–water partition coefficient (Wildman–Crippen LogP) is 24.6. The fourth-order valence-corrected chi connectivity index (χ4v) is 10.2. The van der Waals surface area contributed by atoms with Gasteiger partial charge in [-0.3, -0.25) is 14.4 Å². The molecule has 82 heavy (non-hydrogen) atoms. The van der Waals surface area contributed by atoms with E-state index in [2.05, 4.69) is 106 Å². The van der Waals surface area contributed by atoms with Gasteiger partial charge in [0, 0.05) is 19.3 Å². The molecule has 0 aliphatic heterocycles. The highest BCUT2D eigenvalue weighted by atomic mass is 16.6. The molecular weight excluding hydrogens is 1010 g/mol. The van der Waals surface area contributed by atoms with Crippen LogP contribution in [0, 0.1) is 0 Å². The van der Waals surface area contributed by atoms with Crippen LogP contribution in [-0.4, -0.2) is 37.2 Å². The zero-order valence-electron chi connectivity index (χ0n) is 54.5. The maximum absolute atomic E-state index is 12.9. The Morgan fingerprint density at radius 2 is 0.451 bits per heavy atom. The van der Waals surface area contributed by atoms with Gasteiger partial charge in [-0.2, -0.15) is 0 Å². The van der Waals surface area contributed by atoms with Gasteiger partial charge in [-0.15, -0.1) is 0 Å². The van der Waals surface area contributed by atoms with Crippen LogP contribution in [0.5, 0.6) is 0 Å². The molecule has 0 aliphatic carbocycles. The first-order valence-corrected chi connectivity index (χ1v) is 35.6. The Hall–Kier alpha value is -3.41. The fourth-order valence-electron chi connectivity index (χ4n) is 10.2. The fraction of sp³-hybridized carbons (Fsp3) is 0.776. The molecule has 0 saturated carbocycles. The van der Waals surface area contributed by atoms with Gasteiger partial charge < -0.3 is 14.2 Å². The number of carbonyl (C=O) groups excluding carboxylic acids is 3. The zero-order chi connectivity index (χ0) is 59.2. The van der Waals surface area contributed by atoms with Crippen LogP contribution in [0.3, 0.4) is 0 Å². The summed E-state index contributed by atoms with van der Waals surface area (Å²) in [7, 11) is 0. The molecule has 0 saturated heterocycles. The van der Waals surface area contributed by atoms with Gasteiger partial charge in [-0.1, -0.05) is 311 Å². The molecule has 1 unspecified atom stereocenters. The molecule has 0 fully saturated rings. The summed E-state index contributed by atoms with van der Waals surface area (Å²) in [5, 5.41) is 0. The number of allylic oxidation sites excluding steroid dienone is 14. The monoisotopic (exact) mass is 1140 g/mol. The number of unbranched alkanes of at least 4 members (excludes halogenated alkanes) is 40. The number of hydrogen-bond donors (Lipinski definition) is 0. The van der Waals surface area contributed by atoms with Crippen molar-refractivity contribution in [3.05, 3.63) is 85.1 Å². The lowest BCUT2D eigenvalue weighted by Crippen LogP contribution is -2.30. The molecule has 0 aliphatic rings. The number of hydrogen-bond acceptors (Lipinski definition) is 6. The Morgan fingerprint density at radius 3 is 0.744 bits per heavy atom. The van der Waals surface area contributed by atoms with Gasteiger partial charge in [-0.25, -0.2) is 0 Å². The summed E-state index contributed by atoms with van der Waals surface area (Å²) in [5.41, 5.74) is 0. The second-order valence-corrected chi connectivity index (χ2v) is 23.8. The Kier molecular flexibility index (Phi) is 67.2. The van der Waals surface area contributed by atoms with Gasteiger partial charge >= 0.3 is 17.9 Å². The third kappa shape index (κ3) is 67.4. The second-order valence-electron chi connectivity index (χ2n) is 23.8. The third-order valence-corrected chi connectivity index (χ3v) is 15.6. The zero-order valence-corrected chi connectivity index (χ0v) is 54.5. The summed E-state index contributed by atoms with van der Waals surface area (Å²) < 4.78 is 17.0. The molecule has 0 amide bonds. The van der Waals surface area contributed by atoms with Crippen LogP contribution < -0.4 is 0 Å². The molecule has 0 rings (SSSR count). The van der Waals surface area contributed by atoms with E-state index in [1.165, 1.54) is 212 Å². The molecule has 0 bridgehead atoms. The summed E-state index contributed by atoms with van der Waals surface area (Å²) >= 11 is 0. The minimum atomic E-state index is -0.790. The topological polar surface area (TPSA) is 78.9 Å². The number of rotatable bonds is 65. The van der Waals surface area contributed by atoms with Gasteiger partial charge in [0.05, 0.1) is 0 Å². The van der Waals surface area contributed by atoms with Crippen LogP contribution in [0.2, 0.25) is 0 Å². The Bertz CT molecular complexity index is 1550. The lowest BCUT2D eigenvalue weighted by molar-refractivity contribution is -0.167. The Labute approximate surface area is 509 Å². The predicted molar refractivity (Wildman–Crippen MR) is 358 cm³/mol. The number of carbonyl (C=O) groups is 3. The second kappa shape index (κ2) is 70.1. The van der Waals surface area contributed by atoms with Crippen LogP contribution in [0.1, 0.15) is 361 Å². The highest BCUT2D eigenvalue weighted by Crippen LogP contribution is 2.17. The highest BCUT2D eigenvalue weighted by Gasteiger charge is 2.19. The van der Waals surface area contributed by atoms with E-state index in [0.717, 1.165) is 109 Å². The number of ether oxygens (including phenoxy) is 3. The summed E-state index contributed by atoms with van der Waals surface area (Å²) in [4.78, 5) is 38.4.